The van der Waals surface area contributed by atoms with Gasteiger partial charge in [-0.2, -0.15) is 0 Å². The van der Waals surface area contributed by atoms with Crippen molar-refractivity contribution in [2.45, 2.75) is 63.6 Å². The van der Waals surface area contributed by atoms with Gasteiger partial charge in [0.05, 0.1) is 5.60 Å². The summed E-state index contributed by atoms with van der Waals surface area (Å²) in [5.41, 5.74) is -0.325. The van der Waals surface area contributed by atoms with E-state index in [4.69, 9.17) is 4.74 Å². The summed E-state index contributed by atoms with van der Waals surface area (Å²) < 4.78 is 5.64. The van der Waals surface area contributed by atoms with Crippen LogP contribution < -0.4 is 0 Å². The quantitative estimate of drug-likeness (QED) is 0.605. The Morgan fingerprint density at radius 2 is 1.94 bits per heavy atom. The van der Waals surface area contributed by atoms with Gasteiger partial charge in [-0.1, -0.05) is 13.5 Å². The first-order valence-corrected chi connectivity index (χ1v) is 6.87. The summed E-state index contributed by atoms with van der Waals surface area (Å²) in [5, 5.41) is 10.7. The maximum Gasteiger partial charge on any atom is 0.333 e. The van der Waals surface area contributed by atoms with Gasteiger partial charge in [0.1, 0.15) is 5.60 Å². The average molecular weight is 250 g/mol. The molecule has 18 heavy (non-hydrogen) atoms. The second-order valence-electron chi connectivity index (χ2n) is 7.30. The monoisotopic (exact) mass is 250 g/mol. The molecule has 0 saturated heterocycles. The Balaban J connectivity index is 1.80. The molecular formula is C15H22O3. The third-order valence-corrected chi connectivity index (χ3v) is 4.92. The molecule has 100 valence electrons. The third kappa shape index (κ3) is 1.71. The molecule has 2 unspecified atom stereocenters. The maximum absolute atomic E-state index is 11.7. The molecule has 4 saturated carbocycles. The summed E-state index contributed by atoms with van der Waals surface area (Å²) in [7, 11) is 0. The first-order valence-electron chi connectivity index (χ1n) is 6.87. The molecule has 4 rings (SSSR count). The van der Waals surface area contributed by atoms with Crippen molar-refractivity contribution in [1.29, 1.82) is 0 Å². The Morgan fingerprint density at radius 3 is 2.50 bits per heavy atom. The van der Waals surface area contributed by atoms with E-state index >= 15 is 0 Å². The summed E-state index contributed by atoms with van der Waals surface area (Å²) in [5.74, 6) is 0.278. The number of esters is 1. The van der Waals surface area contributed by atoms with Crippen molar-refractivity contribution >= 4 is 5.97 Å². The Hall–Kier alpha value is -0.830. The number of carbonyl (C=O) groups excluding carboxylic acids is 1. The van der Waals surface area contributed by atoms with Crippen LogP contribution in [0.25, 0.3) is 0 Å². The lowest BCUT2D eigenvalue weighted by Crippen LogP contribution is -2.68. The number of hydrogen-bond acceptors (Lipinski definition) is 3. The van der Waals surface area contributed by atoms with Crippen LogP contribution in [-0.2, 0) is 9.53 Å². The molecule has 3 heteroatoms. The van der Waals surface area contributed by atoms with E-state index in [1.807, 2.05) is 0 Å². The zero-order chi connectivity index (χ0) is 13.2. The van der Waals surface area contributed by atoms with Crippen molar-refractivity contribution in [3.8, 4) is 0 Å². The Morgan fingerprint density at radius 1 is 1.28 bits per heavy atom. The SMILES string of the molecule is C=C(C)C(=O)OC12CC3(O)CC(C)CC(C3)(C1)C2. The lowest BCUT2D eigenvalue weighted by molar-refractivity contribution is -0.269. The molecule has 0 aromatic rings. The number of ether oxygens (including phenoxy) is 1. The van der Waals surface area contributed by atoms with Crippen LogP contribution in [0.5, 0.6) is 0 Å². The minimum atomic E-state index is -0.608. The highest BCUT2D eigenvalue weighted by atomic mass is 16.6. The molecule has 1 N–H and O–H groups in total. The van der Waals surface area contributed by atoms with Gasteiger partial charge in [-0.3, -0.25) is 0 Å². The van der Waals surface area contributed by atoms with E-state index in [2.05, 4.69) is 13.5 Å². The van der Waals surface area contributed by atoms with Gasteiger partial charge in [-0.05, 0) is 50.4 Å². The van der Waals surface area contributed by atoms with Crippen molar-refractivity contribution in [1.82, 2.24) is 0 Å². The maximum atomic E-state index is 11.7. The van der Waals surface area contributed by atoms with Crippen LogP contribution >= 0.6 is 0 Å². The first kappa shape index (κ1) is 12.2. The molecule has 2 atom stereocenters. The van der Waals surface area contributed by atoms with Gasteiger partial charge in [-0.25, -0.2) is 4.79 Å². The molecule has 3 bridgehead atoms. The number of rotatable bonds is 2. The molecule has 0 amide bonds. The summed E-state index contributed by atoms with van der Waals surface area (Å²) >= 11 is 0. The van der Waals surface area contributed by atoms with Gasteiger partial charge in [0.15, 0.2) is 0 Å². The molecule has 3 nitrogen and oxygen atoms in total. The van der Waals surface area contributed by atoms with Gasteiger partial charge in [0.2, 0.25) is 0 Å². The van der Waals surface area contributed by atoms with Crippen molar-refractivity contribution in [2.75, 3.05) is 0 Å². The normalized spacial score (nSPS) is 49.2. The topological polar surface area (TPSA) is 46.5 Å². The van der Waals surface area contributed by atoms with Crippen LogP contribution in [0, 0.1) is 11.3 Å². The van der Waals surface area contributed by atoms with Crippen molar-refractivity contribution in [3.05, 3.63) is 12.2 Å². The van der Waals surface area contributed by atoms with Crippen LogP contribution in [0.2, 0.25) is 0 Å². The lowest BCUT2D eigenvalue weighted by atomic mass is 9.42. The highest BCUT2D eigenvalue weighted by Gasteiger charge is 2.68. The van der Waals surface area contributed by atoms with Crippen LogP contribution in [-0.4, -0.2) is 22.3 Å². The summed E-state index contributed by atoms with van der Waals surface area (Å²) in [6.45, 7) is 7.53. The van der Waals surface area contributed by atoms with E-state index in [9.17, 15) is 9.90 Å². The zero-order valence-electron chi connectivity index (χ0n) is 11.3. The van der Waals surface area contributed by atoms with Gasteiger partial charge in [-0.15, -0.1) is 0 Å². The number of carbonyl (C=O) groups is 1. The molecule has 0 aromatic carbocycles. The molecule has 4 aliphatic carbocycles. The summed E-state index contributed by atoms with van der Waals surface area (Å²) in [6.07, 6.45) is 5.40. The molecule has 4 aliphatic rings. The fourth-order valence-corrected chi connectivity index (χ4v) is 5.14. The second kappa shape index (κ2) is 3.38. The summed E-state index contributed by atoms with van der Waals surface area (Å²) in [6, 6.07) is 0. The van der Waals surface area contributed by atoms with Gasteiger partial charge in [0.25, 0.3) is 0 Å². The van der Waals surface area contributed by atoms with E-state index in [0.29, 0.717) is 17.9 Å². The molecule has 0 aliphatic heterocycles. The van der Waals surface area contributed by atoms with E-state index < -0.39 is 11.2 Å². The minimum Gasteiger partial charge on any atom is -0.456 e. The predicted octanol–water partition coefficient (Wildman–Crippen LogP) is 2.58. The Labute approximate surface area is 108 Å². The third-order valence-electron chi connectivity index (χ3n) is 4.92. The van der Waals surface area contributed by atoms with Crippen molar-refractivity contribution < 1.29 is 14.6 Å². The van der Waals surface area contributed by atoms with Crippen LogP contribution in [0.3, 0.4) is 0 Å². The average Bonchev–Trinajstić information content (AvgIpc) is 2.10. The van der Waals surface area contributed by atoms with E-state index in [-0.39, 0.29) is 11.4 Å². The highest BCUT2D eigenvalue weighted by molar-refractivity contribution is 5.87. The fraction of sp³-hybridized carbons (Fsp3) is 0.800. The zero-order valence-corrected chi connectivity index (χ0v) is 11.3. The molecule has 0 heterocycles. The second-order valence-corrected chi connectivity index (χ2v) is 7.30. The van der Waals surface area contributed by atoms with Gasteiger partial charge >= 0.3 is 5.97 Å². The van der Waals surface area contributed by atoms with Crippen LogP contribution in [0.4, 0.5) is 0 Å². The van der Waals surface area contributed by atoms with Crippen LogP contribution in [0.1, 0.15) is 52.4 Å². The molecule has 0 radical (unpaired) electrons. The standard InChI is InChI=1S/C15H22O3/c1-10(2)12(16)18-15-7-13(8-15)4-11(3)5-14(17,6-13)9-15/h11,17H,1,4-9H2,2-3H3. The molecule has 4 fully saturated rings. The minimum absolute atomic E-state index is 0.236. The molecular weight excluding hydrogens is 228 g/mol. The lowest BCUT2D eigenvalue weighted by Gasteiger charge is -2.67. The smallest absolute Gasteiger partial charge is 0.333 e. The van der Waals surface area contributed by atoms with Crippen molar-refractivity contribution in [2.24, 2.45) is 11.3 Å². The fourth-order valence-electron chi connectivity index (χ4n) is 5.14. The number of hydrogen-bond donors (Lipinski definition) is 1. The first-order chi connectivity index (χ1) is 8.26. The Kier molecular flexibility index (Phi) is 2.30. The van der Waals surface area contributed by atoms with Gasteiger partial charge in [0, 0.05) is 12.0 Å². The summed E-state index contributed by atoms with van der Waals surface area (Å²) in [4.78, 5) is 11.7. The van der Waals surface area contributed by atoms with Crippen molar-refractivity contribution in [3.63, 3.8) is 0 Å². The Bertz CT molecular complexity index is 413. The highest BCUT2D eigenvalue weighted by Crippen LogP contribution is 2.68. The van der Waals surface area contributed by atoms with Crippen LogP contribution in [0.15, 0.2) is 12.2 Å². The van der Waals surface area contributed by atoms with E-state index in [1.165, 1.54) is 6.42 Å². The predicted molar refractivity (Wildman–Crippen MR) is 67.9 cm³/mol. The van der Waals surface area contributed by atoms with E-state index in [0.717, 1.165) is 25.7 Å². The molecule has 1 spiro atoms. The number of aliphatic hydroxyl groups is 1. The molecule has 0 aromatic heterocycles. The largest absolute Gasteiger partial charge is 0.456 e. The van der Waals surface area contributed by atoms with E-state index in [1.54, 1.807) is 6.92 Å². The van der Waals surface area contributed by atoms with Gasteiger partial charge < -0.3 is 9.84 Å².